The summed E-state index contributed by atoms with van der Waals surface area (Å²) in [6, 6.07) is 19.7. The highest BCUT2D eigenvalue weighted by Crippen LogP contribution is 2.45. The number of aromatic nitrogens is 2. The molecule has 1 unspecified atom stereocenters. The van der Waals surface area contributed by atoms with Crippen molar-refractivity contribution >= 4 is 0 Å². The van der Waals surface area contributed by atoms with Crippen LogP contribution in [0.25, 0.3) is 5.69 Å². The van der Waals surface area contributed by atoms with Crippen molar-refractivity contribution in [1.82, 2.24) is 9.78 Å². The number of para-hydroxylation sites is 1. The summed E-state index contributed by atoms with van der Waals surface area (Å²) >= 11 is 0. The second-order valence-electron chi connectivity index (χ2n) is 6.86. The van der Waals surface area contributed by atoms with Crippen molar-refractivity contribution < 1.29 is 9.47 Å². The summed E-state index contributed by atoms with van der Waals surface area (Å²) in [6.45, 7) is 2.10. The van der Waals surface area contributed by atoms with Crippen LogP contribution in [0.15, 0.2) is 66.1 Å². The Balaban J connectivity index is 1.98. The van der Waals surface area contributed by atoms with Crippen LogP contribution in [0.3, 0.4) is 0 Å². The molecule has 0 aliphatic carbocycles. The van der Waals surface area contributed by atoms with Crippen LogP contribution in [-0.4, -0.2) is 16.9 Å². The molecule has 2 heterocycles. The van der Waals surface area contributed by atoms with Gasteiger partial charge in [-0.1, -0.05) is 43.7 Å². The first-order valence-corrected chi connectivity index (χ1v) is 9.56. The lowest BCUT2D eigenvalue weighted by Gasteiger charge is -2.25. The number of rotatable bonds is 5. The number of methoxy groups -OCH3 is 1. The normalized spacial score (nSPS) is 15.4. The van der Waals surface area contributed by atoms with Gasteiger partial charge in [-0.15, -0.1) is 0 Å². The van der Waals surface area contributed by atoms with E-state index in [1.807, 2.05) is 54.6 Å². The molecule has 1 atom stereocenters. The van der Waals surface area contributed by atoms with Gasteiger partial charge in [0.1, 0.15) is 17.4 Å². The maximum atomic E-state index is 9.86. The van der Waals surface area contributed by atoms with Crippen molar-refractivity contribution in [2.75, 3.05) is 7.11 Å². The molecule has 0 radical (unpaired) electrons. The van der Waals surface area contributed by atoms with E-state index in [2.05, 4.69) is 13.0 Å². The Bertz CT molecular complexity index is 1110. The molecule has 2 aromatic carbocycles. The lowest BCUT2D eigenvalue weighted by molar-refractivity contribution is 0.366. The van der Waals surface area contributed by atoms with E-state index in [9.17, 15) is 5.26 Å². The van der Waals surface area contributed by atoms with Crippen LogP contribution in [0.4, 0.5) is 0 Å². The standard InChI is InChI=1S/C23H22N4O2/c1-3-8-19-21-20(15-9-7-12-17(13-15)28-2)18(14-24)22(25)29-23(21)27(26-19)16-10-5-4-6-11-16/h4-7,9-13,20H,3,8,25H2,1-2H3. The molecule has 0 saturated heterocycles. The number of benzene rings is 2. The van der Waals surface area contributed by atoms with E-state index in [1.54, 1.807) is 11.8 Å². The van der Waals surface area contributed by atoms with Crippen LogP contribution in [0, 0.1) is 11.3 Å². The fourth-order valence-corrected chi connectivity index (χ4v) is 3.73. The third kappa shape index (κ3) is 3.21. The predicted octanol–water partition coefficient (Wildman–Crippen LogP) is 4.05. The molecule has 0 fully saturated rings. The zero-order valence-electron chi connectivity index (χ0n) is 16.4. The maximum Gasteiger partial charge on any atom is 0.229 e. The molecule has 29 heavy (non-hydrogen) atoms. The first-order chi connectivity index (χ1) is 14.2. The molecule has 2 N–H and O–H groups in total. The van der Waals surface area contributed by atoms with Gasteiger partial charge in [0.15, 0.2) is 0 Å². The Morgan fingerprint density at radius 2 is 2.00 bits per heavy atom. The third-order valence-electron chi connectivity index (χ3n) is 5.04. The lowest BCUT2D eigenvalue weighted by atomic mass is 9.83. The summed E-state index contributed by atoms with van der Waals surface area (Å²) in [5, 5.41) is 14.7. The van der Waals surface area contributed by atoms with Crippen LogP contribution in [0.1, 0.15) is 36.1 Å². The van der Waals surface area contributed by atoms with Gasteiger partial charge in [0, 0.05) is 0 Å². The first kappa shape index (κ1) is 18.6. The fourth-order valence-electron chi connectivity index (χ4n) is 3.73. The average molecular weight is 386 g/mol. The average Bonchev–Trinajstić information content (AvgIpc) is 3.11. The van der Waals surface area contributed by atoms with Crippen LogP contribution in [0.2, 0.25) is 0 Å². The molecule has 146 valence electrons. The topological polar surface area (TPSA) is 86.1 Å². The van der Waals surface area contributed by atoms with Crippen molar-refractivity contribution in [3.05, 3.63) is 82.9 Å². The van der Waals surface area contributed by atoms with Crippen molar-refractivity contribution in [3.63, 3.8) is 0 Å². The van der Waals surface area contributed by atoms with Gasteiger partial charge in [0.2, 0.25) is 11.8 Å². The van der Waals surface area contributed by atoms with Crippen molar-refractivity contribution in [2.24, 2.45) is 5.73 Å². The Labute approximate surface area is 169 Å². The summed E-state index contributed by atoms with van der Waals surface area (Å²) in [5.41, 5.74) is 10.2. The number of hydrogen-bond acceptors (Lipinski definition) is 5. The molecule has 0 spiro atoms. The Morgan fingerprint density at radius 1 is 1.21 bits per heavy atom. The number of hydrogen-bond donors (Lipinski definition) is 1. The minimum atomic E-state index is -0.363. The third-order valence-corrected chi connectivity index (χ3v) is 5.04. The first-order valence-electron chi connectivity index (χ1n) is 9.56. The number of nitrogens with zero attached hydrogens (tertiary/aromatic N) is 3. The molecule has 6 nitrogen and oxygen atoms in total. The highest BCUT2D eigenvalue weighted by molar-refractivity contribution is 5.58. The zero-order valence-corrected chi connectivity index (χ0v) is 16.4. The predicted molar refractivity (Wildman–Crippen MR) is 110 cm³/mol. The number of ether oxygens (including phenoxy) is 2. The van der Waals surface area contributed by atoms with Gasteiger partial charge < -0.3 is 15.2 Å². The largest absolute Gasteiger partial charge is 0.497 e. The minimum Gasteiger partial charge on any atom is -0.497 e. The minimum absolute atomic E-state index is 0.105. The molecule has 1 aliphatic rings. The molecule has 1 aliphatic heterocycles. The maximum absolute atomic E-state index is 9.86. The highest BCUT2D eigenvalue weighted by Gasteiger charge is 2.37. The zero-order chi connectivity index (χ0) is 20.4. The Hall–Kier alpha value is -3.72. The smallest absolute Gasteiger partial charge is 0.229 e. The van der Waals surface area contributed by atoms with Gasteiger partial charge in [-0.05, 0) is 36.2 Å². The summed E-state index contributed by atoms with van der Waals surface area (Å²) in [6.07, 6.45) is 1.69. The molecule has 0 bridgehead atoms. The van der Waals surface area contributed by atoms with Crippen molar-refractivity contribution in [3.8, 4) is 23.4 Å². The van der Waals surface area contributed by atoms with E-state index in [4.69, 9.17) is 20.3 Å². The van der Waals surface area contributed by atoms with E-state index in [0.29, 0.717) is 11.5 Å². The molecular formula is C23H22N4O2. The van der Waals surface area contributed by atoms with Crippen LogP contribution >= 0.6 is 0 Å². The Morgan fingerprint density at radius 3 is 2.69 bits per heavy atom. The highest BCUT2D eigenvalue weighted by atomic mass is 16.5. The summed E-state index contributed by atoms with van der Waals surface area (Å²) in [5.74, 6) is 1.02. The second-order valence-corrected chi connectivity index (χ2v) is 6.86. The van der Waals surface area contributed by atoms with Crippen LogP contribution in [-0.2, 0) is 6.42 Å². The van der Waals surface area contributed by atoms with Gasteiger partial charge in [-0.3, -0.25) is 0 Å². The summed E-state index contributed by atoms with van der Waals surface area (Å²) in [4.78, 5) is 0. The van der Waals surface area contributed by atoms with Crippen LogP contribution < -0.4 is 15.2 Å². The van der Waals surface area contributed by atoms with E-state index in [1.165, 1.54) is 0 Å². The molecular weight excluding hydrogens is 364 g/mol. The summed E-state index contributed by atoms with van der Waals surface area (Å²) < 4.78 is 13.1. The van der Waals surface area contributed by atoms with Gasteiger partial charge in [0.05, 0.1) is 30.0 Å². The number of fused-ring (bicyclic) bond motifs is 1. The lowest BCUT2D eigenvalue weighted by Crippen LogP contribution is -2.22. The van der Waals surface area contributed by atoms with Gasteiger partial charge >= 0.3 is 0 Å². The van der Waals surface area contributed by atoms with Crippen LogP contribution in [0.5, 0.6) is 11.6 Å². The van der Waals surface area contributed by atoms with Gasteiger partial charge in [0.25, 0.3) is 0 Å². The second kappa shape index (κ2) is 7.72. The quantitative estimate of drug-likeness (QED) is 0.715. The SMILES string of the molecule is CCCc1nn(-c2ccccc2)c2c1C(c1cccc(OC)c1)C(C#N)=C(N)O2. The fraction of sp³-hybridized carbons (Fsp3) is 0.217. The molecule has 3 aromatic rings. The molecule has 0 saturated carbocycles. The number of allylic oxidation sites excluding steroid dienone is 1. The number of nitrogens with two attached hydrogens (primary N) is 1. The molecule has 0 amide bonds. The van der Waals surface area contributed by atoms with E-state index >= 15 is 0 Å². The Kier molecular flexibility index (Phi) is 4.96. The van der Waals surface area contributed by atoms with Gasteiger partial charge in [-0.2, -0.15) is 10.4 Å². The van der Waals surface area contributed by atoms with Gasteiger partial charge in [-0.25, -0.2) is 4.68 Å². The molecule has 1 aromatic heterocycles. The number of nitriles is 1. The van der Waals surface area contributed by atoms with E-state index < -0.39 is 0 Å². The van der Waals surface area contributed by atoms with E-state index in [0.717, 1.165) is 41.1 Å². The monoisotopic (exact) mass is 386 g/mol. The van der Waals surface area contributed by atoms with E-state index in [-0.39, 0.29) is 11.8 Å². The molecule has 4 rings (SSSR count). The van der Waals surface area contributed by atoms with Crippen molar-refractivity contribution in [2.45, 2.75) is 25.7 Å². The van der Waals surface area contributed by atoms with Crippen molar-refractivity contribution in [1.29, 1.82) is 5.26 Å². The molecule has 6 heteroatoms. The summed E-state index contributed by atoms with van der Waals surface area (Å²) in [7, 11) is 1.62. The number of aryl methyl sites for hydroxylation is 1.